The molecule has 3 aromatic rings. The van der Waals surface area contributed by atoms with Crippen LogP contribution in [0, 0.1) is 5.92 Å². The van der Waals surface area contributed by atoms with Crippen LogP contribution in [0.15, 0.2) is 77.3 Å². The second-order valence-corrected chi connectivity index (χ2v) is 9.23. The summed E-state index contributed by atoms with van der Waals surface area (Å²) in [4.78, 5) is 28.0. The molecule has 0 radical (unpaired) electrons. The van der Waals surface area contributed by atoms with E-state index in [2.05, 4.69) is 35.1 Å². The number of ether oxygens (including phenoxy) is 1. The monoisotopic (exact) mass is 508 g/mol. The maximum atomic E-state index is 13.2. The quantitative estimate of drug-likeness (QED) is 0.363. The lowest BCUT2D eigenvalue weighted by Gasteiger charge is -2.20. The van der Waals surface area contributed by atoms with Gasteiger partial charge in [0.1, 0.15) is 5.75 Å². The molecule has 0 aromatic heterocycles. The first-order chi connectivity index (χ1) is 15.8. The highest BCUT2D eigenvalue weighted by Gasteiger charge is 2.20. The van der Waals surface area contributed by atoms with Crippen LogP contribution >= 0.6 is 15.9 Å². The molecule has 6 heteroatoms. The van der Waals surface area contributed by atoms with E-state index >= 15 is 0 Å². The molecule has 5 nitrogen and oxygen atoms in total. The van der Waals surface area contributed by atoms with Crippen molar-refractivity contribution in [2.45, 2.75) is 26.8 Å². The normalized spacial score (nSPS) is 10.7. The number of amides is 2. The minimum absolute atomic E-state index is 0.169. The number of anilines is 1. The standard InChI is InChI=1S/C27H29BrN2O3/c1-19(2)15-16-33-25-14-13-21(28)17-23(25)26(31)29-24-12-8-7-11-22(24)27(32)30(3)18-20-9-5-4-6-10-20/h4-14,17,19H,15-16,18H2,1-3H3,(H,29,31). The molecule has 0 saturated carbocycles. The topological polar surface area (TPSA) is 58.6 Å². The molecule has 0 unspecified atom stereocenters. The second kappa shape index (κ2) is 11.7. The molecule has 0 saturated heterocycles. The zero-order chi connectivity index (χ0) is 23.8. The van der Waals surface area contributed by atoms with Crippen LogP contribution < -0.4 is 10.1 Å². The Bertz CT molecular complexity index is 1100. The summed E-state index contributed by atoms with van der Waals surface area (Å²) in [6.45, 7) is 5.25. The lowest BCUT2D eigenvalue weighted by molar-refractivity contribution is 0.0786. The number of nitrogens with one attached hydrogen (secondary N) is 1. The van der Waals surface area contributed by atoms with E-state index < -0.39 is 0 Å². The minimum Gasteiger partial charge on any atom is -0.493 e. The number of hydrogen-bond donors (Lipinski definition) is 1. The lowest BCUT2D eigenvalue weighted by atomic mass is 10.1. The highest BCUT2D eigenvalue weighted by molar-refractivity contribution is 9.10. The zero-order valence-corrected chi connectivity index (χ0v) is 20.8. The van der Waals surface area contributed by atoms with E-state index in [-0.39, 0.29) is 11.8 Å². The van der Waals surface area contributed by atoms with Gasteiger partial charge >= 0.3 is 0 Å². The van der Waals surface area contributed by atoms with Crippen molar-refractivity contribution in [1.82, 2.24) is 4.90 Å². The van der Waals surface area contributed by atoms with Gasteiger partial charge in [0.05, 0.1) is 23.4 Å². The van der Waals surface area contributed by atoms with Crippen molar-refractivity contribution >= 4 is 33.4 Å². The molecular weight excluding hydrogens is 480 g/mol. The summed E-state index contributed by atoms with van der Waals surface area (Å²) in [5.74, 6) is 0.518. The largest absolute Gasteiger partial charge is 0.493 e. The van der Waals surface area contributed by atoms with E-state index in [1.165, 1.54) is 0 Å². The Balaban J connectivity index is 1.79. The van der Waals surface area contributed by atoms with E-state index in [0.717, 1.165) is 16.5 Å². The number of carbonyl (C=O) groups excluding carboxylic acids is 2. The van der Waals surface area contributed by atoms with Crippen molar-refractivity contribution in [3.05, 3.63) is 94.0 Å². The Morgan fingerprint density at radius 3 is 2.39 bits per heavy atom. The number of para-hydroxylation sites is 1. The van der Waals surface area contributed by atoms with Crippen LogP contribution in [-0.2, 0) is 6.54 Å². The molecule has 0 spiro atoms. The third-order valence-electron chi connectivity index (χ3n) is 5.15. The summed E-state index contributed by atoms with van der Waals surface area (Å²) in [7, 11) is 1.75. The van der Waals surface area contributed by atoms with Crippen molar-refractivity contribution in [3.8, 4) is 5.75 Å². The molecule has 0 aliphatic heterocycles. The number of benzene rings is 3. The molecule has 2 amide bonds. The average molecular weight is 509 g/mol. The van der Waals surface area contributed by atoms with Gasteiger partial charge in [-0.1, -0.05) is 72.2 Å². The van der Waals surface area contributed by atoms with E-state index in [9.17, 15) is 9.59 Å². The van der Waals surface area contributed by atoms with Crippen molar-refractivity contribution < 1.29 is 14.3 Å². The van der Waals surface area contributed by atoms with Gasteiger partial charge in [0, 0.05) is 18.1 Å². The van der Waals surface area contributed by atoms with Crippen molar-refractivity contribution in [2.75, 3.05) is 19.0 Å². The molecule has 0 bridgehead atoms. The van der Waals surface area contributed by atoms with Crippen molar-refractivity contribution in [2.24, 2.45) is 5.92 Å². The van der Waals surface area contributed by atoms with Crippen LogP contribution in [0.3, 0.4) is 0 Å². The third kappa shape index (κ3) is 6.93. The average Bonchev–Trinajstić information content (AvgIpc) is 2.80. The number of nitrogens with zero attached hydrogens (tertiary/aromatic N) is 1. The molecule has 0 aliphatic carbocycles. The maximum absolute atomic E-state index is 13.2. The number of halogens is 1. The van der Waals surface area contributed by atoms with Crippen LogP contribution in [0.5, 0.6) is 5.75 Å². The smallest absolute Gasteiger partial charge is 0.259 e. The summed E-state index contributed by atoms with van der Waals surface area (Å²) < 4.78 is 6.66. The fourth-order valence-electron chi connectivity index (χ4n) is 3.31. The fourth-order valence-corrected chi connectivity index (χ4v) is 3.67. The summed E-state index contributed by atoms with van der Waals surface area (Å²) >= 11 is 3.43. The second-order valence-electron chi connectivity index (χ2n) is 8.32. The Labute approximate surface area is 203 Å². The molecule has 3 rings (SSSR count). The summed E-state index contributed by atoms with van der Waals surface area (Å²) in [5.41, 5.74) is 2.34. The Morgan fingerprint density at radius 1 is 0.970 bits per heavy atom. The van der Waals surface area contributed by atoms with Crippen LogP contribution in [0.25, 0.3) is 0 Å². The predicted molar refractivity (Wildman–Crippen MR) is 136 cm³/mol. The van der Waals surface area contributed by atoms with Gasteiger partial charge in [-0.05, 0) is 48.2 Å². The summed E-state index contributed by atoms with van der Waals surface area (Å²) in [6, 6.07) is 22.2. The van der Waals surface area contributed by atoms with Crippen LogP contribution in [0.2, 0.25) is 0 Å². The summed E-state index contributed by atoms with van der Waals surface area (Å²) in [6.07, 6.45) is 0.891. The molecular formula is C27H29BrN2O3. The van der Waals surface area contributed by atoms with Gasteiger partial charge < -0.3 is 15.0 Å². The zero-order valence-electron chi connectivity index (χ0n) is 19.2. The Hall–Kier alpha value is -3.12. The highest BCUT2D eigenvalue weighted by Crippen LogP contribution is 2.26. The molecule has 3 aromatic carbocycles. The first-order valence-electron chi connectivity index (χ1n) is 11.0. The van der Waals surface area contributed by atoms with Crippen LogP contribution in [0.1, 0.15) is 46.5 Å². The predicted octanol–water partition coefficient (Wildman–Crippen LogP) is 6.40. The van der Waals surface area contributed by atoms with Gasteiger partial charge in [0.2, 0.25) is 0 Å². The van der Waals surface area contributed by atoms with Gasteiger partial charge in [-0.3, -0.25) is 9.59 Å². The number of carbonyl (C=O) groups is 2. The molecule has 0 fully saturated rings. The summed E-state index contributed by atoms with van der Waals surface area (Å²) in [5, 5.41) is 2.91. The maximum Gasteiger partial charge on any atom is 0.259 e. The molecule has 33 heavy (non-hydrogen) atoms. The first kappa shape index (κ1) is 24.5. The van der Waals surface area contributed by atoms with Gasteiger partial charge in [-0.2, -0.15) is 0 Å². The van der Waals surface area contributed by atoms with Crippen LogP contribution in [0.4, 0.5) is 5.69 Å². The molecule has 0 aliphatic rings. The lowest BCUT2D eigenvalue weighted by Crippen LogP contribution is -2.27. The third-order valence-corrected chi connectivity index (χ3v) is 5.65. The minimum atomic E-state index is -0.332. The fraction of sp³-hybridized carbons (Fsp3) is 0.259. The van der Waals surface area contributed by atoms with E-state index in [1.807, 2.05) is 36.4 Å². The van der Waals surface area contributed by atoms with E-state index in [1.54, 1.807) is 48.3 Å². The van der Waals surface area contributed by atoms with E-state index in [4.69, 9.17) is 4.74 Å². The van der Waals surface area contributed by atoms with Gasteiger partial charge in [-0.15, -0.1) is 0 Å². The SMILES string of the molecule is CC(C)CCOc1ccc(Br)cc1C(=O)Nc1ccccc1C(=O)N(C)Cc1ccccc1. The molecule has 0 atom stereocenters. The van der Waals surface area contributed by atoms with Crippen LogP contribution in [-0.4, -0.2) is 30.4 Å². The molecule has 0 heterocycles. The van der Waals surface area contributed by atoms with Crippen molar-refractivity contribution in [1.29, 1.82) is 0 Å². The molecule has 172 valence electrons. The first-order valence-corrected chi connectivity index (χ1v) is 11.8. The Kier molecular flexibility index (Phi) is 8.66. The molecule has 1 N–H and O–H groups in total. The van der Waals surface area contributed by atoms with Crippen molar-refractivity contribution in [3.63, 3.8) is 0 Å². The highest BCUT2D eigenvalue weighted by atomic mass is 79.9. The van der Waals surface area contributed by atoms with Gasteiger partial charge in [0.25, 0.3) is 11.8 Å². The Morgan fingerprint density at radius 2 is 1.67 bits per heavy atom. The number of hydrogen-bond acceptors (Lipinski definition) is 3. The van der Waals surface area contributed by atoms with Gasteiger partial charge in [0.15, 0.2) is 0 Å². The van der Waals surface area contributed by atoms with Gasteiger partial charge in [-0.25, -0.2) is 0 Å². The van der Waals surface area contributed by atoms with E-state index in [0.29, 0.717) is 41.6 Å². The number of rotatable bonds is 9.